The summed E-state index contributed by atoms with van der Waals surface area (Å²) in [4.78, 5) is 28.1. The average Bonchev–Trinajstić information content (AvgIpc) is 3.12. The Hall–Kier alpha value is -2.41. The Balaban J connectivity index is 1.50. The second-order valence-electron chi connectivity index (χ2n) is 6.87. The summed E-state index contributed by atoms with van der Waals surface area (Å²) in [5.41, 5.74) is -0.311. The average molecular weight is 392 g/mol. The Morgan fingerprint density at radius 2 is 1.89 bits per heavy atom. The number of hydrogen-bond acceptors (Lipinski definition) is 5. The van der Waals surface area contributed by atoms with Crippen LogP contribution in [0.3, 0.4) is 0 Å². The van der Waals surface area contributed by atoms with Crippen LogP contribution in [-0.4, -0.2) is 32.7 Å². The van der Waals surface area contributed by atoms with Crippen LogP contribution in [0.1, 0.15) is 50.8 Å². The summed E-state index contributed by atoms with van der Waals surface area (Å²) in [5, 5.41) is 16.8. The molecule has 1 aliphatic carbocycles. The van der Waals surface area contributed by atoms with Crippen molar-refractivity contribution in [2.24, 2.45) is 0 Å². The van der Waals surface area contributed by atoms with E-state index in [-0.39, 0.29) is 12.3 Å². The number of hydrogen-bond donors (Lipinski definition) is 2. The highest BCUT2D eigenvalue weighted by Crippen LogP contribution is 2.28. The third-order valence-corrected chi connectivity index (χ3v) is 5.11. The monoisotopic (exact) mass is 391 g/mol. The number of aromatic nitrogens is 2. The quantitative estimate of drug-likeness (QED) is 0.746. The third-order valence-electron chi connectivity index (χ3n) is 4.86. The standard InChI is InChI=1S/C19H22ClN3O4/c20-14-9-7-13(8-10-14)17-21-16(27-23-17)6-4-5-15(24)22-19(18(25)26)11-2-1-3-12-19/h7-10H,1-6,11-12H2,(H,22,24)(H,25,26). The van der Waals surface area contributed by atoms with Gasteiger partial charge in [-0.3, -0.25) is 4.79 Å². The van der Waals surface area contributed by atoms with E-state index in [1.807, 2.05) is 0 Å². The first-order chi connectivity index (χ1) is 13.0. The second kappa shape index (κ2) is 8.52. The van der Waals surface area contributed by atoms with Crippen LogP contribution in [0, 0.1) is 0 Å². The summed E-state index contributed by atoms with van der Waals surface area (Å²) >= 11 is 5.86. The molecule has 144 valence electrons. The van der Waals surface area contributed by atoms with E-state index in [0.29, 0.717) is 42.4 Å². The molecular formula is C19H22ClN3O4. The first-order valence-electron chi connectivity index (χ1n) is 9.11. The van der Waals surface area contributed by atoms with Gasteiger partial charge in [0.2, 0.25) is 17.6 Å². The van der Waals surface area contributed by atoms with Crippen LogP contribution in [0.15, 0.2) is 28.8 Å². The number of nitrogens with one attached hydrogen (secondary N) is 1. The minimum Gasteiger partial charge on any atom is -0.480 e. The zero-order chi connectivity index (χ0) is 19.3. The van der Waals surface area contributed by atoms with Gasteiger partial charge in [-0.1, -0.05) is 36.0 Å². The van der Waals surface area contributed by atoms with E-state index in [2.05, 4.69) is 15.5 Å². The molecule has 0 spiro atoms. The van der Waals surface area contributed by atoms with E-state index in [9.17, 15) is 14.7 Å². The summed E-state index contributed by atoms with van der Waals surface area (Å²) in [6.07, 6.45) is 4.80. The largest absolute Gasteiger partial charge is 0.480 e. The number of halogens is 1. The van der Waals surface area contributed by atoms with Gasteiger partial charge in [-0.15, -0.1) is 0 Å². The van der Waals surface area contributed by atoms with Crippen molar-refractivity contribution in [3.8, 4) is 11.4 Å². The lowest BCUT2D eigenvalue weighted by Gasteiger charge is -2.34. The number of aryl methyl sites for hydroxylation is 1. The topological polar surface area (TPSA) is 105 Å². The fourth-order valence-electron chi connectivity index (χ4n) is 3.35. The molecular weight excluding hydrogens is 370 g/mol. The van der Waals surface area contributed by atoms with Crippen LogP contribution in [0.4, 0.5) is 0 Å². The molecule has 7 nitrogen and oxygen atoms in total. The van der Waals surface area contributed by atoms with Crippen molar-refractivity contribution in [3.05, 3.63) is 35.2 Å². The van der Waals surface area contributed by atoms with Crippen LogP contribution in [-0.2, 0) is 16.0 Å². The number of carbonyl (C=O) groups excluding carboxylic acids is 1. The number of carbonyl (C=O) groups is 2. The molecule has 0 saturated heterocycles. The van der Waals surface area contributed by atoms with Gasteiger partial charge >= 0.3 is 5.97 Å². The summed E-state index contributed by atoms with van der Waals surface area (Å²) in [6, 6.07) is 7.11. The molecule has 0 aliphatic heterocycles. The maximum absolute atomic E-state index is 12.2. The minimum atomic E-state index is -1.11. The molecule has 1 aromatic heterocycles. The number of nitrogens with zero attached hydrogens (tertiary/aromatic N) is 2. The summed E-state index contributed by atoms with van der Waals surface area (Å²) in [7, 11) is 0. The van der Waals surface area contributed by atoms with Gasteiger partial charge in [0.05, 0.1) is 0 Å². The van der Waals surface area contributed by atoms with E-state index in [0.717, 1.165) is 24.8 Å². The fraction of sp³-hybridized carbons (Fsp3) is 0.474. The van der Waals surface area contributed by atoms with Crippen molar-refractivity contribution in [1.82, 2.24) is 15.5 Å². The van der Waals surface area contributed by atoms with Gasteiger partial charge in [0.15, 0.2) is 0 Å². The molecule has 3 rings (SSSR count). The maximum atomic E-state index is 12.2. The molecule has 0 atom stereocenters. The van der Waals surface area contributed by atoms with Crippen molar-refractivity contribution in [2.45, 2.75) is 56.9 Å². The van der Waals surface area contributed by atoms with Gasteiger partial charge in [0.1, 0.15) is 5.54 Å². The van der Waals surface area contributed by atoms with Crippen LogP contribution >= 0.6 is 11.6 Å². The Morgan fingerprint density at radius 3 is 2.56 bits per heavy atom. The number of aliphatic carboxylic acids is 1. The molecule has 1 heterocycles. The highest BCUT2D eigenvalue weighted by atomic mass is 35.5. The lowest BCUT2D eigenvalue weighted by Crippen LogP contribution is -2.55. The molecule has 1 fully saturated rings. The van der Waals surface area contributed by atoms with Gasteiger partial charge in [-0.2, -0.15) is 4.98 Å². The smallest absolute Gasteiger partial charge is 0.329 e. The number of benzene rings is 1. The van der Waals surface area contributed by atoms with Crippen LogP contribution in [0.2, 0.25) is 5.02 Å². The minimum absolute atomic E-state index is 0.216. The van der Waals surface area contributed by atoms with Crippen LogP contribution in [0.5, 0.6) is 0 Å². The van der Waals surface area contributed by atoms with Crippen molar-refractivity contribution in [1.29, 1.82) is 0 Å². The second-order valence-corrected chi connectivity index (χ2v) is 7.30. The van der Waals surface area contributed by atoms with Crippen molar-refractivity contribution in [2.75, 3.05) is 0 Å². The van der Waals surface area contributed by atoms with E-state index in [1.54, 1.807) is 24.3 Å². The Kier molecular flexibility index (Phi) is 6.11. The first kappa shape index (κ1) is 19.4. The summed E-state index contributed by atoms with van der Waals surface area (Å²) < 4.78 is 5.22. The van der Waals surface area contributed by atoms with Gasteiger partial charge in [0, 0.05) is 23.4 Å². The lowest BCUT2D eigenvalue weighted by molar-refractivity contribution is -0.149. The number of carboxylic acid groups (broad SMARTS) is 1. The van der Waals surface area contributed by atoms with E-state index in [1.165, 1.54) is 0 Å². The number of amides is 1. The fourth-order valence-corrected chi connectivity index (χ4v) is 3.48. The van der Waals surface area contributed by atoms with E-state index in [4.69, 9.17) is 16.1 Å². The summed E-state index contributed by atoms with van der Waals surface area (Å²) in [6.45, 7) is 0. The Bertz CT molecular complexity index is 798. The number of rotatable bonds is 7. The predicted molar refractivity (Wildman–Crippen MR) is 99.3 cm³/mol. The van der Waals surface area contributed by atoms with Crippen molar-refractivity contribution < 1.29 is 19.2 Å². The molecule has 2 aromatic rings. The normalized spacial score (nSPS) is 16.0. The zero-order valence-electron chi connectivity index (χ0n) is 14.9. The molecule has 1 aromatic carbocycles. The molecule has 8 heteroatoms. The molecule has 1 saturated carbocycles. The third kappa shape index (κ3) is 4.86. The Morgan fingerprint density at radius 1 is 1.19 bits per heavy atom. The van der Waals surface area contributed by atoms with Gasteiger partial charge in [-0.05, 0) is 43.5 Å². The predicted octanol–water partition coefficient (Wildman–Crippen LogP) is 3.62. The van der Waals surface area contributed by atoms with Crippen molar-refractivity contribution >= 4 is 23.5 Å². The van der Waals surface area contributed by atoms with E-state index >= 15 is 0 Å². The molecule has 0 unspecified atom stereocenters. The first-order valence-corrected chi connectivity index (χ1v) is 9.49. The van der Waals surface area contributed by atoms with Crippen LogP contribution in [0.25, 0.3) is 11.4 Å². The maximum Gasteiger partial charge on any atom is 0.329 e. The lowest BCUT2D eigenvalue weighted by atomic mass is 9.81. The number of carboxylic acids is 1. The SMILES string of the molecule is O=C(CCCc1nc(-c2ccc(Cl)cc2)no1)NC1(C(=O)O)CCCCC1. The molecule has 0 bridgehead atoms. The zero-order valence-corrected chi connectivity index (χ0v) is 15.7. The molecule has 0 radical (unpaired) electrons. The van der Waals surface area contributed by atoms with Gasteiger partial charge in [-0.25, -0.2) is 4.79 Å². The molecule has 1 aliphatic rings. The van der Waals surface area contributed by atoms with Crippen molar-refractivity contribution in [3.63, 3.8) is 0 Å². The molecule has 27 heavy (non-hydrogen) atoms. The van der Waals surface area contributed by atoms with E-state index < -0.39 is 11.5 Å². The molecule has 2 N–H and O–H groups in total. The highest BCUT2D eigenvalue weighted by Gasteiger charge is 2.40. The highest BCUT2D eigenvalue weighted by molar-refractivity contribution is 6.30. The van der Waals surface area contributed by atoms with Gasteiger partial charge in [0.25, 0.3) is 0 Å². The van der Waals surface area contributed by atoms with Crippen LogP contribution < -0.4 is 5.32 Å². The summed E-state index contributed by atoms with van der Waals surface area (Å²) in [5.74, 6) is -0.284. The molecule has 1 amide bonds. The van der Waals surface area contributed by atoms with Gasteiger partial charge < -0.3 is 14.9 Å². The Labute approximate surface area is 162 Å².